The lowest BCUT2D eigenvalue weighted by Crippen LogP contribution is -2.32. The molecule has 4 N–H and O–H groups in total. The van der Waals surface area contributed by atoms with Crippen molar-refractivity contribution in [3.63, 3.8) is 0 Å². The van der Waals surface area contributed by atoms with Gasteiger partial charge in [0.1, 0.15) is 0 Å². The van der Waals surface area contributed by atoms with E-state index in [0.29, 0.717) is 5.13 Å². The molecule has 1 aromatic heterocycles. The molecule has 0 aliphatic heterocycles. The molecule has 0 bridgehead atoms. The second-order valence-electron chi connectivity index (χ2n) is 3.22. The van der Waals surface area contributed by atoms with Gasteiger partial charge in [-0.05, 0) is 6.92 Å². The highest BCUT2D eigenvalue weighted by atomic mass is 32.1. The first-order valence-corrected chi connectivity index (χ1v) is 4.63. The Hall–Kier alpha value is -0.870. The molecule has 1 heterocycles. The molecule has 1 aliphatic rings. The van der Waals surface area contributed by atoms with Crippen LogP contribution in [0.15, 0.2) is 12.2 Å². The fourth-order valence-electron chi connectivity index (χ4n) is 1.42. The SMILES string of the molecule is CC1(N)C=CCc2nc(N)sc21. The molecule has 64 valence electrons. The number of aromatic nitrogens is 1. The van der Waals surface area contributed by atoms with Crippen LogP contribution < -0.4 is 11.5 Å². The summed E-state index contributed by atoms with van der Waals surface area (Å²) >= 11 is 1.49. The highest BCUT2D eigenvalue weighted by Crippen LogP contribution is 2.33. The molecule has 1 atom stereocenters. The molecule has 12 heavy (non-hydrogen) atoms. The number of anilines is 1. The Morgan fingerprint density at radius 1 is 1.67 bits per heavy atom. The third kappa shape index (κ3) is 1.04. The van der Waals surface area contributed by atoms with Crippen molar-refractivity contribution in [1.82, 2.24) is 4.98 Å². The Bertz CT molecular complexity index is 338. The van der Waals surface area contributed by atoms with Crippen molar-refractivity contribution in [2.45, 2.75) is 18.9 Å². The van der Waals surface area contributed by atoms with Crippen molar-refractivity contribution in [3.05, 3.63) is 22.7 Å². The highest BCUT2D eigenvalue weighted by molar-refractivity contribution is 7.15. The van der Waals surface area contributed by atoms with Crippen LogP contribution in [0.3, 0.4) is 0 Å². The number of fused-ring (bicyclic) bond motifs is 1. The summed E-state index contributed by atoms with van der Waals surface area (Å²) in [5.74, 6) is 0. The molecule has 1 aliphatic carbocycles. The maximum Gasteiger partial charge on any atom is 0.180 e. The zero-order valence-electron chi connectivity index (χ0n) is 6.87. The fourth-order valence-corrected chi connectivity index (χ4v) is 2.32. The summed E-state index contributed by atoms with van der Waals surface area (Å²) < 4.78 is 0. The van der Waals surface area contributed by atoms with E-state index >= 15 is 0 Å². The zero-order valence-corrected chi connectivity index (χ0v) is 7.69. The number of hydrogen-bond acceptors (Lipinski definition) is 4. The first kappa shape index (κ1) is 7.76. The van der Waals surface area contributed by atoms with Gasteiger partial charge < -0.3 is 11.5 Å². The van der Waals surface area contributed by atoms with E-state index in [4.69, 9.17) is 11.5 Å². The lowest BCUT2D eigenvalue weighted by molar-refractivity contribution is 0.622. The summed E-state index contributed by atoms with van der Waals surface area (Å²) in [6.45, 7) is 1.97. The predicted molar refractivity (Wildman–Crippen MR) is 50.9 cm³/mol. The van der Waals surface area contributed by atoms with Gasteiger partial charge in [-0.3, -0.25) is 0 Å². The number of thiazole rings is 1. The van der Waals surface area contributed by atoms with Gasteiger partial charge in [0, 0.05) is 6.42 Å². The van der Waals surface area contributed by atoms with Crippen LogP contribution in [-0.2, 0) is 12.0 Å². The number of rotatable bonds is 0. The number of nitrogens with zero attached hydrogens (tertiary/aromatic N) is 1. The van der Waals surface area contributed by atoms with E-state index in [0.717, 1.165) is 17.0 Å². The van der Waals surface area contributed by atoms with Gasteiger partial charge in [-0.2, -0.15) is 0 Å². The molecule has 3 nitrogen and oxygen atoms in total. The molecule has 0 fully saturated rings. The summed E-state index contributed by atoms with van der Waals surface area (Å²) in [6.07, 6.45) is 4.91. The van der Waals surface area contributed by atoms with Crippen molar-refractivity contribution in [3.8, 4) is 0 Å². The average Bonchev–Trinajstić information content (AvgIpc) is 2.30. The number of nitrogens with two attached hydrogens (primary N) is 2. The minimum absolute atomic E-state index is 0.372. The van der Waals surface area contributed by atoms with E-state index in [1.54, 1.807) is 0 Å². The molecule has 1 aromatic rings. The second-order valence-corrected chi connectivity index (χ2v) is 4.25. The smallest absolute Gasteiger partial charge is 0.180 e. The Labute approximate surface area is 75.1 Å². The van der Waals surface area contributed by atoms with Crippen LogP contribution in [0.2, 0.25) is 0 Å². The van der Waals surface area contributed by atoms with Gasteiger partial charge in [-0.25, -0.2) is 4.98 Å². The quantitative estimate of drug-likeness (QED) is 0.587. The maximum absolute atomic E-state index is 6.03. The topological polar surface area (TPSA) is 64.9 Å². The highest BCUT2D eigenvalue weighted by Gasteiger charge is 2.27. The van der Waals surface area contributed by atoms with E-state index in [-0.39, 0.29) is 5.54 Å². The van der Waals surface area contributed by atoms with Crippen LogP contribution in [0.5, 0.6) is 0 Å². The molecule has 2 rings (SSSR count). The largest absolute Gasteiger partial charge is 0.375 e. The van der Waals surface area contributed by atoms with Crippen molar-refractivity contribution >= 4 is 16.5 Å². The van der Waals surface area contributed by atoms with Crippen LogP contribution >= 0.6 is 11.3 Å². The van der Waals surface area contributed by atoms with Crippen molar-refractivity contribution in [2.75, 3.05) is 5.73 Å². The van der Waals surface area contributed by atoms with Gasteiger partial charge in [0.2, 0.25) is 0 Å². The molecule has 0 saturated carbocycles. The first-order valence-electron chi connectivity index (χ1n) is 3.82. The third-order valence-electron chi connectivity index (χ3n) is 1.98. The molecule has 0 aromatic carbocycles. The summed E-state index contributed by atoms with van der Waals surface area (Å²) in [5, 5.41) is 0.611. The Morgan fingerprint density at radius 2 is 2.42 bits per heavy atom. The van der Waals surface area contributed by atoms with Crippen LogP contribution in [-0.4, -0.2) is 4.98 Å². The Kier molecular flexibility index (Phi) is 1.49. The second kappa shape index (κ2) is 2.31. The molecule has 0 spiro atoms. The molecular formula is C8H11N3S. The van der Waals surface area contributed by atoms with E-state index < -0.39 is 0 Å². The Balaban J connectivity index is 2.57. The zero-order chi connectivity index (χ0) is 8.77. The summed E-state index contributed by atoms with van der Waals surface area (Å²) in [4.78, 5) is 5.31. The van der Waals surface area contributed by atoms with E-state index in [2.05, 4.69) is 4.98 Å². The molecule has 0 amide bonds. The van der Waals surface area contributed by atoms with E-state index in [1.807, 2.05) is 19.1 Å². The average molecular weight is 181 g/mol. The maximum atomic E-state index is 6.03. The van der Waals surface area contributed by atoms with Gasteiger partial charge in [-0.15, -0.1) is 0 Å². The summed E-state index contributed by atoms with van der Waals surface area (Å²) in [6, 6.07) is 0. The minimum Gasteiger partial charge on any atom is -0.375 e. The first-order chi connectivity index (χ1) is 5.59. The molecule has 4 heteroatoms. The van der Waals surface area contributed by atoms with Gasteiger partial charge >= 0.3 is 0 Å². The lowest BCUT2D eigenvalue weighted by Gasteiger charge is -2.22. The molecule has 0 saturated heterocycles. The summed E-state index contributed by atoms with van der Waals surface area (Å²) in [7, 11) is 0. The number of nitrogen functional groups attached to an aromatic ring is 1. The normalized spacial score (nSPS) is 27.2. The standard InChI is InChI=1S/C8H11N3S/c1-8(10)4-2-3-5-6(8)12-7(9)11-5/h2,4H,3,10H2,1H3,(H2,9,11). The number of hydrogen-bond donors (Lipinski definition) is 2. The van der Waals surface area contributed by atoms with Gasteiger partial charge in [0.05, 0.1) is 16.1 Å². The third-order valence-corrected chi connectivity index (χ3v) is 3.16. The summed E-state index contributed by atoms with van der Waals surface area (Å²) in [5.41, 5.74) is 12.3. The van der Waals surface area contributed by atoms with Crippen molar-refractivity contribution < 1.29 is 0 Å². The fraction of sp³-hybridized carbons (Fsp3) is 0.375. The molecule has 1 unspecified atom stereocenters. The van der Waals surface area contributed by atoms with Gasteiger partial charge in [0.15, 0.2) is 5.13 Å². The molecule has 0 radical (unpaired) electrons. The van der Waals surface area contributed by atoms with Crippen LogP contribution in [0.4, 0.5) is 5.13 Å². The molecular weight excluding hydrogens is 170 g/mol. The number of allylic oxidation sites excluding steroid dienone is 1. The van der Waals surface area contributed by atoms with Crippen molar-refractivity contribution in [2.24, 2.45) is 5.73 Å². The van der Waals surface area contributed by atoms with Gasteiger partial charge in [-0.1, -0.05) is 23.5 Å². The Morgan fingerprint density at radius 3 is 3.08 bits per heavy atom. The van der Waals surface area contributed by atoms with Crippen LogP contribution in [0.25, 0.3) is 0 Å². The van der Waals surface area contributed by atoms with Crippen molar-refractivity contribution in [1.29, 1.82) is 0 Å². The monoisotopic (exact) mass is 181 g/mol. The predicted octanol–water partition coefficient (Wildman–Crippen LogP) is 1.01. The van der Waals surface area contributed by atoms with Crippen LogP contribution in [0.1, 0.15) is 17.5 Å². The van der Waals surface area contributed by atoms with Gasteiger partial charge in [0.25, 0.3) is 0 Å². The van der Waals surface area contributed by atoms with E-state index in [1.165, 1.54) is 11.3 Å². The van der Waals surface area contributed by atoms with Crippen LogP contribution in [0, 0.1) is 0 Å². The minimum atomic E-state index is -0.372. The van der Waals surface area contributed by atoms with E-state index in [9.17, 15) is 0 Å². The lowest BCUT2D eigenvalue weighted by atomic mass is 9.94.